The molecule has 2 rings (SSSR count). The van der Waals surface area contributed by atoms with Crippen LogP contribution in [0.3, 0.4) is 0 Å². The van der Waals surface area contributed by atoms with E-state index in [9.17, 15) is 9.59 Å². The predicted octanol–water partition coefficient (Wildman–Crippen LogP) is 2.79. The molecule has 1 N–H and O–H groups in total. The molecule has 0 atom stereocenters. The lowest BCUT2D eigenvalue weighted by atomic mass is 10.3. The lowest BCUT2D eigenvalue weighted by molar-refractivity contribution is -0.129. The van der Waals surface area contributed by atoms with Gasteiger partial charge in [-0.05, 0) is 40.9 Å². The molecule has 0 aromatic heterocycles. The molecule has 102 valence electrons. The van der Waals surface area contributed by atoms with E-state index in [0.717, 1.165) is 23.0 Å². The van der Waals surface area contributed by atoms with Gasteiger partial charge in [0.2, 0.25) is 11.8 Å². The van der Waals surface area contributed by atoms with Crippen molar-refractivity contribution in [2.24, 2.45) is 0 Å². The second-order valence-corrected chi connectivity index (χ2v) is 5.58. The maximum Gasteiger partial charge on any atom is 0.226 e. The Kier molecular flexibility index (Phi) is 4.58. The number of amides is 2. The third kappa shape index (κ3) is 4.06. The summed E-state index contributed by atoms with van der Waals surface area (Å²) in [4.78, 5) is 25.1. The van der Waals surface area contributed by atoms with E-state index < -0.39 is 0 Å². The fourth-order valence-corrected chi connectivity index (χ4v) is 2.36. The zero-order valence-corrected chi connectivity index (χ0v) is 12.4. The van der Waals surface area contributed by atoms with Gasteiger partial charge in [0.15, 0.2) is 0 Å². The van der Waals surface area contributed by atoms with Gasteiger partial charge in [0.25, 0.3) is 0 Å². The van der Waals surface area contributed by atoms with Crippen LogP contribution in [-0.2, 0) is 9.59 Å². The summed E-state index contributed by atoms with van der Waals surface area (Å²) in [5.74, 6) is -0.0185. The first kappa shape index (κ1) is 14.1. The molecule has 1 saturated carbocycles. The van der Waals surface area contributed by atoms with E-state index in [0.29, 0.717) is 19.0 Å². The van der Waals surface area contributed by atoms with Crippen LogP contribution in [0.5, 0.6) is 0 Å². The lowest BCUT2D eigenvalue weighted by Crippen LogP contribution is -2.33. The van der Waals surface area contributed by atoms with Crippen molar-refractivity contribution in [3.05, 3.63) is 28.7 Å². The quantitative estimate of drug-likeness (QED) is 0.905. The molecule has 0 radical (unpaired) electrons. The molecule has 5 heteroatoms. The van der Waals surface area contributed by atoms with Gasteiger partial charge in [-0.1, -0.05) is 12.1 Å². The standard InChI is InChI=1S/C14H17BrN2O2/c1-10(18)17(11-6-7-11)9-8-14(19)16-13-5-3-2-4-12(13)15/h2-5,11H,6-9H2,1H3,(H,16,19). The maximum atomic E-state index is 11.9. The second kappa shape index (κ2) is 6.19. The largest absolute Gasteiger partial charge is 0.339 e. The van der Waals surface area contributed by atoms with Gasteiger partial charge in [-0.15, -0.1) is 0 Å². The Balaban J connectivity index is 1.84. The van der Waals surface area contributed by atoms with Crippen LogP contribution in [0.1, 0.15) is 26.2 Å². The highest BCUT2D eigenvalue weighted by Crippen LogP contribution is 2.27. The van der Waals surface area contributed by atoms with E-state index in [1.165, 1.54) is 0 Å². The van der Waals surface area contributed by atoms with Gasteiger partial charge in [0.05, 0.1) is 5.69 Å². The highest BCUT2D eigenvalue weighted by molar-refractivity contribution is 9.10. The summed E-state index contributed by atoms with van der Waals surface area (Å²) in [5.41, 5.74) is 0.758. The van der Waals surface area contributed by atoms with Crippen LogP contribution in [0, 0.1) is 0 Å². The number of hydrogen-bond acceptors (Lipinski definition) is 2. The van der Waals surface area contributed by atoms with Crippen LogP contribution in [0.2, 0.25) is 0 Å². The molecule has 1 aromatic rings. The summed E-state index contributed by atoms with van der Waals surface area (Å²) in [6.07, 6.45) is 2.45. The third-order valence-corrected chi connectivity index (χ3v) is 3.81. The number of nitrogens with zero attached hydrogens (tertiary/aromatic N) is 1. The normalized spacial score (nSPS) is 14.0. The molecule has 19 heavy (non-hydrogen) atoms. The highest BCUT2D eigenvalue weighted by Gasteiger charge is 2.30. The summed E-state index contributed by atoms with van der Waals surface area (Å²) in [6.45, 7) is 2.06. The van der Waals surface area contributed by atoms with E-state index in [-0.39, 0.29) is 11.8 Å². The number of para-hydroxylation sites is 1. The summed E-state index contributed by atoms with van der Waals surface area (Å²) in [6, 6.07) is 7.83. The second-order valence-electron chi connectivity index (χ2n) is 4.72. The number of carbonyl (C=O) groups excluding carboxylic acids is 2. The fourth-order valence-electron chi connectivity index (χ4n) is 1.98. The monoisotopic (exact) mass is 324 g/mol. The summed E-state index contributed by atoms with van der Waals surface area (Å²) < 4.78 is 0.856. The number of rotatable bonds is 5. The Labute approximate surface area is 121 Å². The van der Waals surface area contributed by atoms with Gasteiger partial charge in [-0.3, -0.25) is 9.59 Å². The van der Waals surface area contributed by atoms with Crippen LogP contribution in [0.15, 0.2) is 28.7 Å². The number of carbonyl (C=O) groups is 2. The average Bonchev–Trinajstić information content (AvgIpc) is 3.16. The number of nitrogens with one attached hydrogen (secondary N) is 1. The molecular formula is C14H17BrN2O2. The molecule has 0 bridgehead atoms. The van der Waals surface area contributed by atoms with Crippen molar-refractivity contribution in [2.45, 2.75) is 32.2 Å². The molecule has 1 aliphatic carbocycles. The highest BCUT2D eigenvalue weighted by atomic mass is 79.9. The number of halogens is 1. The van der Waals surface area contributed by atoms with E-state index in [1.54, 1.807) is 11.8 Å². The first-order valence-corrected chi connectivity index (χ1v) is 7.19. The molecule has 0 saturated heterocycles. The van der Waals surface area contributed by atoms with Gasteiger partial charge in [0, 0.05) is 30.4 Å². The molecule has 0 aliphatic heterocycles. The Morgan fingerprint density at radius 2 is 2.05 bits per heavy atom. The summed E-state index contributed by atoms with van der Waals surface area (Å²) in [5, 5.41) is 2.84. The summed E-state index contributed by atoms with van der Waals surface area (Å²) in [7, 11) is 0. The van der Waals surface area contributed by atoms with E-state index in [1.807, 2.05) is 24.3 Å². The van der Waals surface area contributed by atoms with Crippen molar-refractivity contribution in [3.8, 4) is 0 Å². The first-order valence-electron chi connectivity index (χ1n) is 6.39. The molecule has 0 heterocycles. The van der Waals surface area contributed by atoms with Crippen LogP contribution in [0.25, 0.3) is 0 Å². The molecule has 1 aliphatic rings. The van der Waals surface area contributed by atoms with Crippen LogP contribution in [-0.4, -0.2) is 29.3 Å². The molecule has 2 amide bonds. The molecule has 1 fully saturated rings. The lowest BCUT2D eigenvalue weighted by Gasteiger charge is -2.20. The average molecular weight is 325 g/mol. The fraction of sp³-hybridized carbons (Fsp3) is 0.429. The van der Waals surface area contributed by atoms with Crippen molar-refractivity contribution in [1.82, 2.24) is 4.90 Å². The van der Waals surface area contributed by atoms with Gasteiger partial charge in [-0.2, -0.15) is 0 Å². The Hall–Kier alpha value is -1.36. The Morgan fingerprint density at radius 3 is 2.63 bits per heavy atom. The minimum absolute atomic E-state index is 0.0520. The first-order chi connectivity index (χ1) is 9.08. The van der Waals surface area contributed by atoms with Crippen molar-refractivity contribution in [3.63, 3.8) is 0 Å². The molecule has 0 unspecified atom stereocenters. The van der Waals surface area contributed by atoms with Crippen molar-refractivity contribution in [1.29, 1.82) is 0 Å². The van der Waals surface area contributed by atoms with Gasteiger partial charge in [-0.25, -0.2) is 0 Å². The Morgan fingerprint density at radius 1 is 1.37 bits per heavy atom. The number of hydrogen-bond donors (Lipinski definition) is 1. The molecule has 0 spiro atoms. The van der Waals surface area contributed by atoms with Crippen LogP contribution < -0.4 is 5.32 Å². The van der Waals surface area contributed by atoms with Gasteiger partial charge in [0.1, 0.15) is 0 Å². The maximum absolute atomic E-state index is 11.9. The van der Waals surface area contributed by atoms with E-state index in [4.69, 9.17) is 0 Å². The zero-order chi connectivity index (χ0) is 13.8. The minimum Gasteiger partial charge on any atom is -0.339 e. The van der Waals surface area contributed by atoms with Crippen LogP contribution in [0.4, 0.5) is 5.69 Å². The van der Waals surface area contributed by atoms with Gasteiger partial charge >= 0.3 is 0 Å². The Bertz CT molecular complexity index is 486. The molecule has 4 nitrogen and oxygen atoms in total. The SMILES string of the molecule is CC(=O)N(CCC(=O)Nc1ccccc1Br)C1CC1. The van der Waals surface area contributed by atoms with Gasteiger partial charge < -0.3 is 10.2 Å². The third-order valence-electron chi connectivity index (χ3n) is 3.12. The molecular weight excluding hydrogens is 308 g/mol. The van der Waals surface area contributed by atoms with E-state index in [2.05, 4.69) is 21.2 Å². The smallest absolute Gasteiger partial charge is 0.226 e. The van der Waals surface area contributed by atoms with E-state index >= 15 is 0 Å². The summed E-state index contributed by atoms with van der Waals surface area (Å²) >= 11 is 3.38. The topological polar surface area (TPSA) is 49.4 Å². The molecule has 1 aromatic carbocycles. The predicted molar refractivity (Wildman–Crippen MR) is 77.8 cm³/mol. The number of anilines is 1. The van der Waals surface area contributed by atoms with Crippen molar-refractivity contribution < 1.29 is 9.59 Å². The van der Waals surface area contributed by atoms with Crippen LogP contribution >= 0.6 is 15.9 Å². The minimum atomic E-state index is -0.0706. The number of benzene rings is 1. The van der Waals surface area contributed by atoms with Crippen molar-refractivity contribution in [2.75, 3.05) is 11.9 Å². The zero-order valence-electron chi connectivity index (χ0n) is 10.9. The van der Waals surface area contributed by atoms with Crippen molar-refractivity contribution >= 4 is 33.4 Å².